The maximum atomic E-state index is 11.0. The number of aliphatic carboxylic acids is 1. The van der Waals surface area contributed by atoms with Crippen molar-refractivity contribution in [2.45, 2.75) is 45.2 Å². The molecule has 116 valence electrons. The summed E-state index contributed by atoms with van der Waals surface area (Å²) < 4.78 is 0. The molecule has 0 aromatic heterocycles. The molecule has 0 saturated carbocycles. The van der Waals surface area contributed by atoms with Gasteiger partial charge in [0.05, 0.1) is 0 Å². The molecule has 0 aromatic carbocycles. The Kier molecular flexibility index (Phi) is 5.81. The first kappa shape index (κ1) is 15.7. The molecule has 2 rings (SSSR count). The predicted molar refractivity (Wildman–Crippen MR) is 80.0 cm³/mol. The fraction of sp³-hybridized carbons (Fsp3) is 0.933. The molecule has 20 heavy (non-hydrogen) atoms. The van der Waals surface area contributed by atoms with Gasteiger partial charge < -0.3 is 10.0 Å². The maximum absolute atomic E-state index is 11.0. The van der Waals surface area contributed by atoms with Gasteiger partial charge in [-0.25, -0.2) is 0 Å². The van der Waals surface area contributed by atoms with E-state index in [1.807, 2.05) is 0 Å². The maximum Gasteiger partial charge on any atom is 0.320 e. The Labute approximate surface area is 122 Å². The lowest BCUT2D eigenvalue weighted by atomic mass is 10.1. The fourth-order valence-corrected chi connectivity index (χ4v) is 3.47. The van der Waals surface area contributed by atoms with Gasteiger partial charge in [0, 0.05) is 32.2 Å². The molecule has 2 fully saturated rings. The van der Waals surface area contributed by atoms with Gasteiger partial charge in [-0.15, -0.1) is 0 Å². The lowest BCUT2D eigenvalue weighted by Crippen LogP contribution is -2.54. The van der Waals surface area contributed by atoms with Gasteiger partial charge in [-0.1, -0.05) is 6.92 Å². The Hall–Kier alpha value is -0.650. The average Bonchev–Trinajstić information content (AvgIpc) is 2.72. The minimum absolute atomic E-state index is 0.345. The molecular formula is C15H29N3O2. The van der Waals surface area contributed by atoms with E-state index in [-0.39, 0.29) is 6.04 Å². The van der Waals surface area contributed by atoms with Crippen LogP contribution in [-0.4, -0.2) is 83.7 Å². The van der Waals surface area contributed by atoms with Crippen molar-refractivity contribution >= 4 is 5.97 Å². The van der Waals surface area contributed by atoms with Crippen molar-refractivity contribution in [3.63, 3.8) is 0 Å². The summed E-state index contributed by atoms with van der Waals surface area (Å²) in [7, 11) is 0. The monoisotopic (exact) mass is 283 g/mol. The van der Waals surface area contributed by atoms with E-state index in [2.05, 4.69) is 21.6 Å². The van der Waals surface area contributed by atoms with E-state index < -0.39 is 5.97 Å². The summed E-state index contributed by atoms with van der Waals surface area (Å²) in [6.45, 7) is 11.5. The van der Waals surface area contributed by atoms with Gasteiger partial charge in [-0.3, -0.25) is 14.6 Å². The third-order valence-electron chi connectivity index (χ3n) is 5.01. The van der Waals surface area contributed by atoms with Gasteiger partial charge in [-0.2, -0.15) is 0 Å². The molecule has 0 bridgehead atoms. The highest BCUT2D eigenvalue weighted by atomic mass is 16.4. The first-order valence-electron chi connectivity index (χ1n) is 8.05. The van der Waals surface area contributed by atoms with Crippen LogP contribution in [0.3, 0.4) is 0 Å². The Morgan fingerprint density at radius 1 is 1.15 bits per heavy atom. The minimum atomic E-state index is -0.702. The zero-order valence-corrected chi connectivity index (χ0v) is 12.9. The van der Waals surface area contributed by atoms with Crippen LogP contribution < -0.4 is 0 Å². The smallest absolute Gasteiger partial charge is 0.320 e. The molecule has 2 aliphatic rings. The van der Waals surface area contributed by atoms with Crippen molar-refractivity contribution in [3.8, 4) is 0 Å². The van der Waals surface area contributed by atoms with Crippen LogP contribution in [-0.2, 0) is 4.79 Å². The molecule has 0 radical (unpaired) electrons. The molecule has 2 aliphatic heterocycles. The molecule has 2 unspecified atom stereocenters. The fourth-order valence-electron chi connectivity index (χ4n) is 3.47. The van der Waals surface area contributed by atoms with Crippen LogP contribution in [0.25, 0.3) is 0 Å². The van der Waals surface area contributed by atoms with E-state index in [1.165, 1.54) is 32.4 Å². The molecule has 2 heterocycles. The van der Waals surface area contributed by atoms with Crippen molar-refractivity contribution in [2.24, 2.45) is 0 Å². The van der Waals surface area contributed by atoms with Crippen LogP contribution in [0, 0.1) is 0 Å². The van der Waals surface area contributed by atoms with Gasteiger partial charge in [0.1, 0.15) is 6.04 Å². The highest BCUT2D eigenvalue weighted by Crippen LogP contribution is 2.19. The highest BCUT2D eigenvalue weighted by molar-refractivity contribution is 5.72. The SMILES string of the molecule is CCN1CCCC(N2CCN(C(C)C(=O)O)CC2)CC1. The number of rotatable bonds is 4. The van der Waals surface area contributed by atoms with Gasteiger partial charge in [-0.05, 0) is 45.8 Å². The summed E-state index contributed by atoms with van der Waals surface area (Å²) >= 11 is 0. The molecule has 0 amide bonds. The topological polar surface area (TPSA) is 47.0 Å². The van der Waals surface area contributed by atoms with Crippen LogP contribution in [0.4, 0.5) is 0 Å². The molecule has 2 saturated heterocycles. The quantitative estimate of drug-likeness (QED) is 0.832. The molecule has 5 heteroatoms. The number of hydrogen-bond acceptors (Lipinski definition) is 4. The van der Waals surface area contributed by atoms with E-state index in [4.69, 9.17) is 5.11 Å². The van der Waals surface area contributed by atoms with Crippen molar-refractivity contribution in [1.29, 1.82) is 0 Å². The molecule has 0 spiro atoms. The van der Waals surface area contributed by atoms with E-state index in [9.17, 15) is 4.79 Å². The Bertz CT molecular complexity index is 316. The van der Waals surface area contributed by atoms with E-state index in [0.29, 0.717) is 6.04 Å². The number of likely N-dealkylation sites (tertiary alicyclic amines) is 1. The van der Waals surface area contributed by atoms with Gasteiger partial charge in [0.15, 0.2) is 0 Å². The summed E-state index contributed by atoms with van der Waals surface area (Å²) in [5.74, 6) is -0.702. The first-order valence-corrected chi connectivity index (χ1v) is 8.05. The average molecular weight is 283 g/mol. The number of carbonyl (C=O) groups is 1. The van der Waals surface area contributed by atoms with Gasteiger partial charge in [0.2, 0.25) is 0 Å². The molecule has 0 aromatic rings. The number of carboxylic acids is 1. The standard InChI is InChI=1S/C15H29N3O2/c1-3-16-7-4-5-14(6-8-16)18-11-9-17(10-12-18)13(2)15(19)20/h13-14H,3-12H2,1-2H3,(H,19,20). The van der Waals surface area contributed by atoms with Crippen molar-refractivity contribution < 1.29 is 9.90 Å². The normalized spacial score (nSPS) is 29.0. The van der Waals surface area contributed by atoms with Crippen LogP contribution >= 0.6 is 0 Å². The van der Waals surface area contributed by atoms with Crippen LogP contribution in [0.5, 0.6) is 0 Å². The summed E-state index contributed by atoms with van der Waals surface area (Å²) in [6.07, 6.45) is 3.86. The van der Waals surface area contributed by atoms with Crippen molar-refractivity contribution in [1.82, 2.24) is 14.7 Å². The number of carboxylic acid groups (broad SMARTS) is 1. The largest absolute Gasteiger partial charge is 0.480 e. The number of piperazine rings is 1. The van der Waals surface area contributed by atoms with Crippen molar-refractivity contribution in [3.05, 3.63) is 0 Å². The Morgan fingerprint density at radius 3 is 2.45 bits per heavy atom. The zero-order valence-electron chi connectivity index (χ0n) is 12.9. The third kappa shape index (κ3) is 3.93. The van der Waals surface area contributed by atoms with E-state index in [0.717, 1.165) is 32.7 Å². The zero-order chi connectivity index (χ0) is 14.5. The second-order valence-electron chi connectivity index (χ2n) is 6.11. The van der Waals surface area contributed by atoms with Crippen LogP contribution in [0.2, 0.25) is 0 Å². The molecule has 1 N–H and O–H groups in total. The van der Waals surface area contributed by atoms with Crippen LogP contribution in [0.15, 0.2) is 0 Å². The number of hydrogen-bond donors (Lipinski definition) is 1. The first-order chi connectivity index (χ1) is 9.61. The van der Waals surface area contributed by atoms with Crippen LogP contribution in [0.1, 0.15) is 33.1 Å². The highest BCUT2D eigenvalue weighted by Gasteiger charge is 2.29. The molecule has 2 atom stereocenters. The summed E-state index contributed by atoms with van der Waals surface area (Å²) in [5.41, 5.74) is 0. The Balaban J connectivity index is 1.80. The number of nitrogens with zero attached hydrogens (tertiary/aromatic N) is 3. The Morgan fingerprint density at radius 2 is 1.85 bits per heavy atom. The lowest BCUT2D eigenvalue weighted by Gasteiger charge is -2.40. The second kappa shape index (κ2) is 7.38. The molecule has 5 nitrogen and oxygen atoms in total. The second-order valence-corrected chi connectivity index (χ2v) is 6.11. The van der Waals surface area contributed by atoms with Crippen molar-refractivity contribution in [2.75, 3.05) is 45.8 Å². The minimum Gasteiger partial charge on any atom is -0.480 e. The summed E-state index contributed by atoms with van der Waals surface area (Å²) in [6, 6.07) is 0.357. The summed E-state index contributed by atoms with van der Waals surface area (Å²) in [5, 5.41) is 9.08. The molecular weight excluding hydrogens is 254 g/mol. The van der Waals surface area contributed by atoms with E-state index in [1.54, 1.807) is 6.92 Å². The molecule has 0 aliphatic carbocycles. The predicted octanol–water partition coefficient (Wildman–Crippen LogP) is 0.952. The van der Waals surface area contributed by atoms with Gasteiger partial charge >= 0.3 is 5.97 Å². The van der Waals surface area contributed by atoms with Gasteiger partial charge in [0.25, 0.3) is 0 Å². The summed E-state index contributed by atoms with van der Waals surface area (Å²) in [4.78, 5) is 18.3. The lowest BCUT2D eigenvalue weighted by molar-refractivity contribution is -0.143. The van der Waals surface area contributed by atoms with E-state index >= 15 is 0 Å². The third-order valence-corrected chi connectivity index (χ3v) is 5.01.